The molecule has 1 amide bonds. The van der Waals surface area contributed by atoms with Crippen LogP contribution in [-0.2, 0) is 4.74 Å². The number of hydrogen-bond acceptors (Lipinski definition) is 5. The van der Waals surface area contributed by atoms with Gasteiger partial charge < -0.3 is 20.3 Å². The first kappa shape index (κ1) is 29.0. The van der Waals surface area contributed by atoms with Gasteiger partial charge in [0, 0.05) is 55.4 Å². The SMILES string of the molecule is CCC(CN1CCC(CNC(=O)c2ccc3cc(Cl)ccc3c2)NC(CCN2CCOCC2)C1)c1ccccc1. The van der Waals surface area contributed by atoms with E-state index >= 15 is 0 Å². The van der Waals surface area contributed by atoms with Crippen molar-refractivity contribution in [1.82, 2.24) is 20.4 Å². The fourth-order valence-corrected chi connectivity index (χ4v) is 6.24. The number of halogens is 1. The summed E-state index contributed by atoms with van der Waals surface area (Å²) in [6, 6.07) is 23.1. The first-order valence-electron chi connectivity index (χ1n) is 14.9. The van der Waals surface area contributed by atoms with Gasteiger partial charge in [-0.1, -0.05) is 61.0 Å². The number of nitrogens with one attached hydrogen (secondary N) is 2. The van der Waals surface area contributed by atoms with Gasteiger partial charge in [-0.25, -0.2) is 0 Å². The minimum Gasteiger partial charge on any atom is -0.379 e. The summed E-state index contributed by atoms with van der Waals surface area (Å²) >= 11 is 6.13. The van der Waals surface area contributed by atoms with Gasteiger partial charge in [-0.2, -0.15) is 0 Å². The summed E-state index contributed by atoms with van der Waals surface area (Å²) in [7, 11) is 0. The molecule has 2 fully saturated rings. The van der Waals surface area contributed by atoms with Crippen molar-refractivity contribution in [2.75, 3.05) is 59.0 Å². The van der Waals surface area contributed by atoms with Gasteiger partial charge in [0.25, 0.3) is 5.91 Å². The number of hydrogen-bond donors (Lipinski definition) is 2. The average molecular weight is 563 g/mol. The predicted molar refractivity (Wildman–Crippen MR) is 164 cm³/mol. The summed E-state index contributed by atoms with van der Waals surface area (Å²) < 4.78 is 5.55. The molecule has 2 N–H and O–H groups in total. The molecular formula is C33H43ClN4O2. The van der Waals surface area contributed by atoms with Crippen molar-refractivity contribution in [1.29, 1.82) is 0 Å². The van der Waals surface area contributed by atoms with E-state index in [1.807, 2.05) is 36.4 Å². The molecule has 3 aromatic carbocycles. The Hall–Kier alpha value is -2.48. The third-order valence-electron chi connectivity index (χ3n) is 8.46. The van der Waals surface area contributed by atoms with Gasteiger partial charge in [-0.05, 0) is 78.9 Å². The fourth-order valence-electron chi connectivity index (χ4n) is 6.06. The molecule has 0 radical (unpaired) electrons. The highest BCUT2D eigenvalue weighted by Crippen LogP contribution is 2.23. The molecule has 5 rings (SSSR count). The van der Waals surface area contributed by atoms with Crippen LogP contribution in [0.2, 0.25) is 5.02 Å². The second-order valence-corrected chi connectivity index (χ2v) is 11.7. The zero-order valence-electron chi connectivity index (χ0n) is 23.7. The lowest BCUT2D eigenvalue weighted by molar-refractivity contribution is 0.0356. The number of benzene rings is 3. The molecule has 6 nitrogen and oxygen atoms in total. The van der Waals surface area contributed by atoms with Crippen molar-refractivity contribution in [2.24, 2.45) is 0 Å². The van der Waals surface area contributed by atoms with Crippen LogP contribution in [0.3, 0.4) is 0 Å². The number of carbonyl (C=O) groups is 1. The minimum absolute atomic E-state index is 0.0280. The lowest BCUT2D eigenvalue weighted by Crippen LogP contribution is -2.48. The molecule has 214 valence electrons. The third kappa shape index (κ3) is 8.05. The van der Waals surface area contributed by atoms with Gasteiger partial charge in [0.1, 0.15) is 0 Å². The van der Waals surface area contributed by atoms with Crippen molar-refractivity contribution in [2.45, 2.75) is 44.2 Å². The van der Waals surface area contributed by atoms with Gasteiger partial charge in [0.15, 0.2) is 0 Å². The molecule has 3 atom stereocenters. The smallest absolute Gasteiger partial charge is 0.251 e. The van der Waals surface area contributed by atoms with Gasteiger partial charge in [0.2, 0.25) is 0 Å². The number of amides is 1. The lowest BCUT2D eigenvalue weighted by Gasteiger charge is -2.31. The summed E-state index contributed by atoms with van der Waals surface area (Å²) in [5, 5.41) is 9.91. The van der Waals surface area contributed by atoms with Crippen LogP contribution in [0.1, 0.15) is 48.0 Å². The van der Waals surface area contributed by atoms with Crippen LogP contribution in [0.25, 0.3) is 10.8 Å². The predicted octanol–water partition coefficient (Wildman–Crippen LogP) is 5.17. The second kappa shape index (κ2) is 14.4. The summed E-state index contributed by atoms with van der Waals surface area (Å²) in [4.78, 5) is 18.3. The third-order valence-corrected chi connectivity index (χ3v) is 8.69. The number of nitrogens with zero attached hydrogens (tertiary/aromatic N) is 2. The van der Waals surface area contributed by atoms with Gasteiger partial charge in [0.05, 0.1) is 13.2 Å². The van der Waals surface area contributed by atoms with E-state index in [0.29, 0.717) is 29.1 Å². The summed E-state index contributed by atoms with van der Waals surface area (Å²) in [6.07, 6.45) is 3.23. The average Bonchev–Trinajstić information content (AvgIpc) is 3.19. The fraction of sp³-hybridized carbons (Fsp3) is 0.485. The number of carbonyl (C=O) groups excluding carboxylic acids is 1. The molecule has 0 bridgehead atoms. The first-order chi connectivity index (χ1) is 19.6. The van der Waals surface area contributed by atoms with E-state index in [9.17, 15) is 4.79 Å². The van der Waals surface area contributed by atoms with E-state index in [2.05, 4.69) is 57.7 Å². The highest BCUT2D eigenvalue weighted by molar-refractivity contribution is 6.31. The first-order valence-corrected chi connectivity index (χ1v) is 15.3. The Morgan fingerprint density at radius 3 is 2.58 bits per heavy atom. The van der Waals surface area contributed by atoms with E-state index in [0.717, 1.165) is 82.5 Å². The normalized spacial score (nSPS) is 21.6. The van der Waals surface area contributed by atoms with Crippen molar-refractivity contribution in [3.63, 3.8) is 0 Å². The number of morpholine rings is 1. The monoisotopic (exact) mass is 562 g/mol. The molecule has 3 aromatic rings. The van der Waals surface area contributed by atoms with Crippen molar-refractivity contribution >= 4 is 28.3 Å². The summed E-state index contributed by atoms with van der Waals surface area (Å²) in [5.74, 6) is 0.500. The molecule has 40 heavy (non-hydrogen) atoms. The highest BCUT2D eigenvalue weighted by Gasteiger charge is 2.26. The van der Waals surface area contributed by atoms with Crippen molar-refractivity contribution in [3.05, 3.63) is 82.9 Å². The van der Waals surface area contributed by atoms with E-state index in [1.54, 1.807) is 0 Å². The quantitative estimate of drug-likeness (QED) is 0.357. The topological polar surface area (TPSA) is 56.8 Å². The van der Waals surface area contributed by atoms with Crippen LogP contribution in [0.4, 0.5) is 0 Å². The van der Waals surface area contributed by atoms with Crippen molar-refractivity contribution < 1.29 is 9.53 Å². The zero-order valence-corrected chi connectivity index (χ0v) is 24.4. The maximum Gasteiger partial charge on any atom is 0.251 e. The van der Waals surface area contributed by atoms with Gasteiger partial charge in [-0.15, -0.1) is 0 Å². The molecule has 2 aliphatic heterocycles. The Bertz CT molecular complexity index is 1230. The van der Waals surface area contributed by atoms with Crippen LogP contribution in [0.5, 0.6) is 0 Å². The van der Waals surface area contributed by atoms with E-state index in [-0.39, 0.29) is 11.9 Å². The van der Waals surface area contributed by atoms with Crippen molar-refractivity contribution in [3.8, 4) is 0 Å². The second-order valence-electron chi connectivity index (χ2n) is 11.3. The molecule has 7 heteroatoms. The molecule has 2 saturated heterocycles. The van der Waals surface area contributed by atoms with Crippen LogP contribution < -0.4 is 10.6 Å². The van der Waals surface area contributed by atoms with Crippen LogP contribution in [-0.4, -0.2) is 86.8 Å². The summed E-state index contributed by atoms with van der Waals surface area (Å²) in [5.41, 5.74) is 2.11. The Balaban J connectivity index is 1.22. The molecule has 2 aliphatic rings. The number of rotatable bonds is 10. The molecule has 0 spiro atoms. The molecule has 0 aromatic heterocycles. The Morgan fingerprint density at radius 1 is 1.00 bits per heavy atom. The summed E-state index contributed by atoms with van der Waals surface area (Å²) in [6.45, 7) is 10.8. The lowest BCUT2D eigenvalue weighted by atomic mass is 9.95. The largest absolute Gasteiger partial charge is 0.379 e. The van der Waals surface area contributed by atoms with Gasteiger partial charge >= 0.3 is 0 Å². The maximum absolute atomic E-state index is 13.1. The molecule has 2 heterocycles. The highest BCUT2D eigenvalue weighted by atomic mass is 35.5. The number of fused-ring (bicyclic) bond motifs is 1. The van der Waals surface area contributed by atoms with Crippen LogP contribution in [0, 0.1) is 0 Å². The zero-order chi connectivity index (χ0) is 27.7. The van der Waals surface area contributed by atoms with E-state index in [4.69, 9.17) is 16.3 Å². The number of ether oxygens (including phenoxy) is 1. The standard InChI is InChI=1S/C33H43ClN4O2/c1-2-25(26-6-4-3-5-7-26)23-38-15-12-31(36-32(24-38)13-14-37-16-18-40-19-17-37)22-35-33(39)29-9-8-28-21-30(34)11-10-27(28)20-29/h3-11,20-21,25,31-32,36H,2,12-19,22-24H2,1H3,(H,35,39). The van der Waals surface area contributed by atoms with Crippen LogP contribution >= 0.6 is 11.6 Å². The van der Waals surface area contributed by atoms with Crippen LogP contribution in [0.15, 0.2) is 66.7 Å². The molecule has 0 aliphatic carbocycles. The Labute approximate surface area is 244 Å². The Morgan fingerprint density at radius 2 is 1.77 bits per heavy atom. The Kier molecular flexibility index (Phi) is 10.5. The molecule has 3 unspecified atom stereocenters. The maximum atomic E-state index is 13.1. The molecule has 0 saturated carbocycles. The molecular weight excluding hydrogens is 520 g/mol. The van der Waals surface area contributed by atoms with E-state index < -0.39 is 0 Å². The minimum atomic E-state index is -0.0280. The van der Waals surface area contributed by atoms with Gasteiger partial charge in [-0.3, -0.25) is 9.69 Å². The van der Waals surface area contributed by atoms with E-state index in [1.165, 1.54) is 5.56 Å².